The van der Waals surface area contributed by atoms with Gasteiger partial charge in [-0.1, -0.05) is 35.3 Å². The number of nitrogens with one attached hydrogen (secondary N) is 1. The Morgan fingerprint density at radius 2 is 1.95 bits per heavy atom. The van der Waals surface area contributed by atoms with E-state index in [-0.39, 0.29) is 11.2 Å². The minimum Gasteiger partial charge on any atom is -0.325 e. The Morgan fingerprint density at radius 1 is 1.15 bits per heavy atom. The van der Waals surface area contributed by atoms with Crippen molar-refractivity contribution in [3.63, 3.8) is 0 Å². The number of benzene rings is 2. The standard InChI is InChI=1S/C15H11Cl2NOS/c16-9-5-6-11(17)10(7-9)14-8-15(19)18-12-3-1-2-4-13(12)20-14/h1-7,14H,8H2,(H,18,19)/t14-/m1/s1. The highest BCUT2D eigenvalue weighted by Gasteiger charge is 2.25. The average Bonchev–Trinajstić information content (AvgIpc) is 2.59. The first-order valence-corrected chi connectivity index (χ1v) is 7.77. The molecule has 20 heavy (non-hydrogen) atoms. The van der Waals surface area contributed by atoms with Crippen LogP contribution in [0.3, 0.4) is 0 Å². The maximum Gasteiger partial charge on any atom is 0.225 e. The summed E-state index contributed by atoms with van der Waals surface area (Å²) in [5.74, 6) is -0.0107. The van der Waals surface area contributed by atoms with Gasteiger partial charge in [0.2, 0.25) is 5.91 Å². The topological polar surface area (TPSA) is 29.1 Å². The molecule has 0 bridgehead atoms. The van der Waals surface area contributed by atoms with Crippen LogP contribution in [-0.4, -0.2) is 5.91 Å². The van der Waals surface area contributed by atoms with Crippen molar-refractivity contribution < 1.29 is 4.79 Å². The predicted octanol–water partition coefficient (Wildman–Crippen LogP) is 5.17. The first-order valence-electron chi connectivity index (χ1n) is 6.14. The number of rotatable bonds is 1. The van der Waals surface area contributed by atoms with E-state index in [0.29, 0.717) is 16.5 Å². The maximum absolute atomic E-state index is 12.0. The molecule has 3 rings (SSSR count). The second-order valence-corrected chi connectivity index (χ2v) is 6.61. The molecule has 102 valence electrons. The van der Waals surface area contributed by atoms with Crippen molar-refractivity contribution in [3.8, 4) is 0 Å². The fourth-order valence-electron chi connectivity index (χ4n) is 2.17. The molecule has 0 saturated carbocycles. The molecule has 1 atom stereocenters. The molecule has 1 aliphatic rings. The molecule has 0 saturated heterocycles. The Labute approximate surface area is 131 Å². The van der Waals surface area contributed by atoms with Crippen LogP contribution in [-0.2, 0) is 4.79 Å². The van der Waals surface area contributed by atoms with Gasteiger partial charge in [-0.3, -0.25) is 4.79 Å². The molecular formula is C15H11Cl2NOS. The number of thioether (sulfide) groups is 1. The van der Waals surface area contributed by atoms with Gasteiger partial charge in [-0.15, -0.1) is 11.8 Å². The van der Waals surface area contributed by atoms with Crippen molar-refractivity contribution >= 4 is 46.6 Å². The van der Waals surface area contributed by atoms with Gasteiger partial charge in [0.25, 0.3) is 0 Å². The lowest BCUT2D eigenvalue weighted by atomic mass is 10.1. The van der Waals surface area contributed by atoms with Crippen LogP contribution in [0.15, 0.2) is 47.4 Å². The van der Waals surface area contributed by atoms with E-state index in [1.807, 2.05) is 30.3 Å². The Balaban J connectivity index is 2.02. The maximum atomic E-state index is 12.0. The van der Waals surface area contributed by atoms with Crippen molar-refractivity contribution in [3.05, 3.63) is 58.1 Å². The second kappa shape index (κ2) is 5.68. The third kappa shape index (κ3) is 2.80. The Bertz CT molecular complexity index is 675. The Morgan fingerprint density at radius 3 is 2.80 bits per heavy atom. The lowest BCUT2D eigenvalue weighted by Crippen LogP contribution is -2.12. The normalized spacial score (nSPS) is 18.1. The van der Waals surface area contributed by atoms with Crippen LogP contribution in [0, 0.1) is 0 Å². The van der Waals surface area contributed by atoms with Gasteiger partial charge in [-0.05, 0) is 35.9 Å². The first kappa shape index (κ1) is 13.8. The second-order valence-electron chi connectivity index (χ2n) is 4.52. The van der Waals surface area contributed by atoms with Crippen LogP contribution in [0.4, 0.5) is 5.69 Å². The zero-order valence-corrected chi connectivity index (χ0v) is 12.7. The summed E-state index contributed by atoms with van der Waals surface area (Å²) in [4.78, 5) is 13.1. The molecule has 0 unspecified atom stereocenters. The lowest BCUT2D eigenvalue weighted by Gasteiger charge is -2.15. The summed E-state index contributed by atoms with van der Waals surface area (Å²) in [6, 6.07) is 13.1. The highest BCUT2D eigenvalue weighted by molar-refractivity contribution is 7.99. The molecule has 1 amide bonds. The van der Waals surface area contributed by atoms with Crippen LogP contribution in [0.25, 0.3) is 0 Å². The number of hydrogen-bond donors (Lipinski definition) is 1. The van der Waals surface area contributed by atoms with E-state index < -0.39 is 0 Å². The van der Waals surface area contributed by atoms with Gasteiger partial charge in [-0.25, -0.2) is 0 Å². The smallest absolute Gasteiger partial charge is 0.225 e. The predicted molar refractivity (Wildman–Crippen MR) is 84.7 cm³/mol. The number of anilines is 1. The lowest BCUT2D eigenvalue weighted by molar-refractivity contribution is -0.116. The monoisotopic (exact) mass is 323 g/mol. The van der Waals surface area contributed by atoms with E-state index in [1.54, 1.807) is 23.9 Å². The summed E-state index contributed by atoms with van der Waals surface area (Å²) < 4.78 is 0. The largest absolute Gasteiger partial charge is 0.325 e. The minimum absolute atomic E-state index is 0.0107. The Kier molecular flexibility index (Phi) is 3.92. The van der Waals surface area contributed by atoms with E-state index in [2.05, 4.69) is 5.32 Å². The molecule has 1 N–H and O–H groups in total. The Hall–Kier alpha value is -1.16. The van der Waals surface area contributed by atoms with Crippen molar-refractivity contribution in [2.24, 2.45) is 0 Å². The molecule has 0 aromatic heterocycles. The highest BCUT2D eigenvalue weighted by atomic mass is 35.5. The molecule has 1 heterocycles. The molecule has 2 aromatic carbocycles. The van der Waals surface area contributed by atoms with Gasteiger partial charge in [-0.2, -0.15) is 0 Å². The van der Waals surface area contributed by atoms with E-state index in [0.717, 1.165) is 16.1 Å². The third-order valence-corrected chi connectivity index (χ3v) is 5.00. The van der Waals surface area contributed by atoms with Crippen molar-refractivity contribution in [1.82, 2.24) is 0 Å². The zero-order chi connectivity index (χ0) is 14.1. The van der Waals surface area contributed by atoms with Gasteiger partial charge < -0.3 is 5.32 Å². The summed E-state index contributed by atoms with van der Waals surface area (Å²) in [5.41, 5.74) is 1.75. The third-order valence-electron chi connectivity index (χ3n) is 3.11. The summed E-state index contributed by atoms with van der Waals surface area (Å²) in [5, 5.41) is 4.15. The molecule has 0 radical (unpaired) electrons. The number of carbonyl (C=O) groups is 1. The van der Waals surface area contributed by atoms with Crippen molar-refractivity contribution in [2.75, 3.05) is 5.32 Å². The van der Waals surface area contributed by atoms with Gasteiger partial charge in [0, 0.05) is 26.6 Å². The number of fused-ring (bicyclic) bond motifs is 1. The number of amides is 1. The van der Waals surface area contributed by atoms with Crippen LogP contribution in [0.1, 0.15) is 17.2 Å². The van der Waals surface area contributed by atoms with E-state index in [4.69, 9.17) is 23.2 Å². The summed E-state index contributed by atoms with van der Waals surface area (Å²) in [6.07, 6.45) is 0.374. The number of halogens is 2. The summed E-state index contributed by atoms with van der Waals surface area (Å²) in [7, 11) is 0. The first-order chi connectivity index (χ1) is 9.63. The minimum atomic E-state index is -0.0372. The molecule has 2 nitrogen and oxygen atoms in total. The molecule has 1 aliphatic heterocycles. The summed E-state index contributed by atoms with van der Waals surface area (Å²) >= 11 is 13.9. The van der Waals surface area contributed by atoms with Crippen molar-refractivity contribution in [1.29, 1.82) is 0 Å². The number of carbonyl (C=O) groups excluding carboxylic acids is 1. The van der Waals surface area contributed by atoms with Crippen LogP contribution in [0.2, 0.25) is 10.0 Å². The molecule has 0 aliphatic carbocycles. The van der Waals surface area contributed by atoms with Gasteiger partial charge in [0.05, 0.1) is 5.69 Å². The van der Waals surface area contributed by atoms with Crippen molar-refractivity contribution in [2.45, 2.75) is 16.6 Å². The average molecular weight is 324 g/mol. The van der Waals surface area contributed by atoms with E-state index >= 15 is 0 Å². The molecule has 2 aromatic rings. The molecule has 5 heteroatoms. The van der Waals surface area contributed by atoms with E-state index in [1.165, 1.54) is 0 Å². The SMILES string of the molecule is O=C1C[C@H](c2cc(Cl)ccc2Cl)Sc2ccccc2N1. The molecule has 0 fully saturated rings. The highest BCUT2D eigenvalue weighted by Crippen LogP contribution is 2.45. The van der Waals surface area contributed by atoms with Crippen LogP contribution < -0.4 is 5.32 Å². The van der Waals surface area contributed by atoms with Crippen LogP contribution in [0.5, 0.6) is 0 Å². The van der Waals surface area contributed by atoms with Gasteiger partial charge in [0.15, 0.2) is 0 Å². The quantitative estimate of drug-likeness (QED) is 0.784. The fourth-order valence-corrected chi connectivity index (χ4v) is 3.93. The number of para-hydroxylation sites is 1. The molecular weight excluding hydrogens is 313 g/mol. The molecule has 0 spiro atoms. The zero-order valence-electron chi connectivity index (χ0n) is 10.4. The van der Waals surface area contributed by atoms with Crippen LogP contribution >= 0.6 is 35.0 Å². The van der Waals surface area contributed by atoms with Gasteiger partial charge >= 0.3 is 0 Å². The fraction of sp³-hybridized carbons (Fsp3) is 0.133. The van der Waals surface area contributed by atoms with Gasteiger partial charge in [0.1, 0.15) is 0 Å². The van der Waals surface area contributed by atoms with E-state index in [9.17, 15) is 4.79 Å². The summed E-state index contributed by atoms with van der Waals surface area (Å²) in [6.45, 7) is 0. The number of hydrogen-bond acceptors (Lipinski definition) is 2.